The van der Waals surface area contributed by atoms with Gasteiger partial charge in [-0.1, -0.05) is 0 Å². The van der Waals surface area contributed by atoms with Gasteiger partial charge in [-0.2, -0.15) is 0 Å². The van der Waals surface area contributed by atoms with Crippen molar-refractivity contribution >= 4 is 23.6 Å². The first-order valence-corrected chi connectivity index (χ1v) is 3.43. The number of hydrogen-bond acceptors (Lipinski definition) is 3. The summed E-state index contributed by atoms with van der Waals surface area (Å²) in [6, 6.07) is 0. The van der Waals surface area contributed by atoms with Gasteiger partial charge in [0.05, 0.1) is 7.11 Å². The maximum Gasteiger partial charge on any atom is 0.425 e. The molecule has 0 saturated carbocycles. The first-order valence-electron chi connectivity index (χ1n) is 2.89. The molecule has 0 spiro atoms. The van der Waals surface area contributed by atoms with Gasteiger partial charge in [0.2, 0.25) is 5.91 Å². The van der Waals surface area contributed by atoms with Crippen molar-refractivity contribution in [1.82, 2.24) is 10.9 Å². The summed E-state index contributed by atoms with van der Waals surface area (Å²) in [6.45, 7) is 0. The molecule has 0 atom stereocenters. The fraction of sp³-hybridized carbons (Fsp3) is 0.600. The van der Waals surface area contributed by atoms with Gasteiger partial charge in [0, 0.05) is 12.3 Å². The highest BCUT2D eigenvalue weighted by molar-refractivity contribution is 6.18. The molecule has 0 bridgehead atoms. The summed E-state index contributed by atoms with van der Waals surface area (Å²) < 4.78 is 4.18. The van der Waals surface area contributed by atoms with Crippen LogP contribution in [0, 0.1) is 0 Å². The number of nitrogens with one attached hydrogen (secondary N) is 2. The van der Waals surface area contributed by atoms with E-state index in [2.05, 4.69) is 10.2 Å². The number of carbonyl (C=O) groups is 2. The lowest BCUT2D eigenvalue weighted by atomic mass is 10.5. The third-order valence-corrected chi connectivity index (χ3v) is 1.000. The zero-order valence-electron chi connectivity index (χ0n) is 6.02. The number of carbonyl (C=O) groups excluding carboxylic acids is 2. The van der Waals surface area contributed by atoms with Crippen molar-refractivity contribution < 1.29 is 14.3 Å². The van der Waals surface area contributed by atoms with E-state index in [0.717, 1.165) is 0 Å². The standard InChI is InChI=1S/C5H9ClN2O3/c1-11-5(10)8-7-4(9)2-3-6/h2-3H2,1H3,(H,7,9)(H,8,10). The third-order valence-electron chi connectivity index (χ3n) is 0.811. The van der Waals surface area contributed by atoms with Crippen LogP contribution in [0.2, 0.25) is 0 Å². The Kier molecular flexibility index (Phi) is 5.28. The summed E-state index contributed by atoms with van der Waals surface area (Å²) >= 11 is 5.24. The maximum absolute atomic E-state index is 10.6. The van der Waals surface area contributed by atoms with Gasteiger partial charge in [-0.05, 0) is 0 Å². The fourth-order valence-electron chi connectivity index (χ4n) is 0.320. The van der Waals surface area contributed by atoms with Crippen LogP contribution in [0.5, 0.6) is 0 Å². The second-order valence-corrected chi connectivity index (χ2v) is 1.98. The summed E-state index contributed by atoms with van der Waals surface area (Å²) in [6.07, 6.45) is -0.557. The van der Waals surface area contributed by atoms with Gasteiger partial charge in [0.15, 0.2) is 0 Å². The van der Waals surface area contributed by atoms with Gasteiger partial charge < -0.3 is 4.74 Å². The molecule has 5 nitrogen and oxygen atoms in total. The number of ether oxygens (including phenoxy) is 1. The molecule has 0 rings (SSSR count). The number of hydrazine groups is 1. The van der Waals surface area contributed by atoms with E-state index in [1.807, 2.05) is 5.43 Å². The molecule has 0 heterocycles. The summed E-state index contributed by atoms with van der Waals surface area (Å²) in [5.74, 6) is -0.139. The van der Waals surface area contributed by atoms with E-state index in [0.29, 0.717) is 0 Å². The Morgan fingerprint density at radius 3 is 2.55 bits per heavy atom. The number of halogens is 1. The normalized spacial score (nSPS) is 8.55. The topological polar surface area (TPSA) is 67.4 Å². The summed E-state index contributed by atoms with van der Waals surface area (Å²) in [5, 5.41) is 0. The van der Waals surface area contributed by atoms with Crippen molar-refractivity contribution in [3.05, 3.63) is 0 Å². The number of amides is 2. The minimum Gasteiger partial charge on any atom is -0.452 e. The highest BCUT2D eigenvalue weighted by Gasteiger charge is 2.01. The Morgan fingerprint density at radius 1 is 1.45 bits per heavy atom. The van der Waals surface area contributed by atoms with E-state index in [-0.39, 0.29) is 18.2 Å². The Balaban J connectivity index is 3.38. The van der Waals surface area contributed by atoms with Crippen LogP contribution in [-0.4, -0.2) is 25.0 Å². The van der Waals surface area contributed by atoms with Gasteiger partial charge in [0.1, 0.15) is 0 Å². The van der Waals surface area contributed by atoms with E-state index in [4.69, 9.17) is 11.6 Å². The van der Waals surface area contributed by atoms with Crippen molar-refractivity contribution in [2.75, 3.05) is 13.0 Å². The molecule has 0 aliphatic rings. The quantitative estimate of drug-likeness (QED) is 0.465. The molecular weight excluding hydrogens is 172 g/mol. The molecule has 0 aliphatic carbocycles. The molecular formula is C5H9ClN2O3. The van der Waals surface area contributed by atoms with Crippen LogP contribution in [0.15, 0.2) is 0 Å². The average molecular weight is 181 g/mol. The molecule has 0 aromatic rings. The Bertz CT molecular complexity index is 151. The van der Waals surface area contributed by atoms with E-state index in [9.17, 15) is 9.59 Å². The van der Waals surface area contributed by atoms with Crippen LogP contribution in [0.25, 0.3) is 0 Å². The second kappa shape index (κ2) is 5.79. The lowest BCUT2D eigenvalue weighted by Gasteiger charge is -2.03. The zero-order chi connectivity index (χ0) is 8.69. The van der Waals surface area contributed by atoms with Crippen LogP contribution in [-0.2, 0) is 9.53 Å². The van der Waals surface area contributed by atoms with E-state index < -0.39 is 6.09 Å². The van der Waals surface area contributed by atoms with Gasteiger partial charge in [-0.25, -0.2) is 10.2 Å². The van der Waals surface area contributed by atoms with E-state index >= 15 is 0 Å². The van der Waals surface area contributed by atoms with Gasteiger partial charge >= 0.3 is 6.09 Å². The molecule has 0 fully saturated rings. The van der Waals surface area contributed by atoms with Crippen molar-refractivity contribution in [1.29, 1.82) is 0 Å². The molecule has 2 N–H and O–H groups in total. The highest BCUT2D eigenvalue weighted by atomic mass is 35.5. The number of methoxy groups -OCH3 is 1. The van der Waals surface area contributed by atoms with Crippen molar-refractivity contribution in [3.8, 4) is 0 Å². The SMILES string of the molecule is COC(=O)NNC(=O)CCCl. The number of hydrogen-bond donors (Lipinski definition) is 2. The largest absolute Gasteiger partial charge is 0.452 e. The van der Waals surface area contributed by atoms with Crippen molar-refractivity contribution in [2.24, 2.45) is 0 Å². The minimum atomic E-state index is -0.715. The molecule has 0 radical (unpaired) electrons. The first kappa shape index (κ1) is 10.0. The Hall–Kier alpha value is -0.970. The van der Waals surface area contributed by atoms with Crippen LogP contribution in [0.1, 0.15) is 6.42 Å². The molecule has 6 heteroatoms. The third kappa shape index (κ3) is 5.47. The fourth-order valence-corrected chi connectivity index (χ4v) is 0.492. The van der Waals surface area contributed by atoms with Crippen LogP contribution in [0.3, 0.4) is 0 Å². The molecule has 2 amide bonds. The number of alkyl halides is 1. The smallest absolute Gasteiger partial charge is 0.425 e. The van der Waals surface area contributed by atoms with Crippen LogP contribution in [0.4, 0.5) is 4.79 Å². The monoisotopic (exact) mass is 180 g/mol. The predicted octanol–water partition coefficient (Wildman–Crippen LogP) is 0.00250. The first-order chi connectivity index (χ1) is 5.20. The Labute approximate surface area is 69.0 Å². The van der Waals surface area contributed by atoms with E-state index in [1.165, 1.54) is 7.11 Å². The molecule has 0 unspecified atom stereocenters. The van der Waals surface area contributed by atoms with Crippen LogP contribution < -0.4 is 10.9 Å². The van der Waals surface area contributed by atoms with Gasteiger partial charge in [0.25, 0.3) is 0 Å². The molecule has 0 aromatic carbocycles. The van der Waals surface area contributed by atoms with Crippen molar-refractivity contribution in [2.45, 2.75) is 6.42 Å². The molecule has 64 valence electrons. The van der Waals surface area contributed by atoms with Gasteiger partial charge in [-0.15, -0.1) is 11.6 Å². The lowest BCUT2D eigenvalue weighted by Crippen LogP contribution is -2.41. The summed E-state index contributed by atoms with van der Waals surface area (Å²) in [5.41, 5.74) is 4.08. The van der Waals surface area contributed by atoms with Crippen LogP contribution >= 0.6 is 11.6 Å². The van der Waals surface area contributed by atoms with Crippen molar-refractivity contribution in [3.63, 3.8) is 0 Å². The molecule has 11 heavy (non-hydrogen) atoms. The maximum atomic E-state index is 10.6. The number of rotatable bonds is 2. The predicted molar refractivity (Wildman–Crippen MR) is 39.0 cm³/mol. The highest BCUT2D eigenvalue weighted by Crippen LogP contribution is 1.81. The van der Waals surface area contributed by atoms with Gasteiger partial charge in [-0.3, -0.25) is 10.2 Å². The van der Waals surface area contributed by atoms with E-state index in [1.54, 1.807) is 0 Å². The average Bonchev–Trinajstić information content (AvgIpc) is 2.01. The zero-order valence-corrected chi connectivity index (χ0v) is 6.77. The summed E-state index contributed by atoms with van der Waals surface area (Å²) in [4.78, 5) is 20.9. The lowest BCUT2D eigenvalue weighted by molar-refractivity contribution is -0.121. The minimum absolute atomic E-state index is 0.158. The molecule has 0 aliphatic heterocycles. The second-order valence-electron chi connectivity index (χ2n) is 1.60. The molecule has 0 aromatic heterocycles. The Morgan fingerprint density at radius 2 is 2.09 bits per heavy atom. The molecule has 0 saturated heterocycles. The summed E-state index contributed by atoms with van der Waals surface area (Å²) in [7, 11) is 1.20.